The van der Waals surface area contributed by atoms with Crippen LogP contribution in [0.5, 0.6) is 0 Å². The van der Waals surface area contributed by atoms with Crippen LogP contribution < -0.4 is 0 Å². The number of nitrogens with zero attached hydrogens (tertiary/aromatic N) is 2. The predicted octanol–water partition coefficient (Wildman–Crippen LogP) is 0.314. The van der Waals surface area contributed by atoms with E-state index < -0.39 is 15.6 Å². The summed E-state index contributed by atoms with van der Waals surface area (Å²) in [6.45, 7) is 1.81. The van der Waals surface area contributed by atoms with Crippen LogP contribution in [-0.4, -0.2) is 36.5 Å². The maximum atomic E-state index is 12.0. The van der Waals surface area contributed by atoms with E-state index in [1.165, 1.54) is 28.6 Å². The summed E-state index contributed by atoms with van der Waals surface area (Å²) in [5.74, 6) is 0. The normalized spacial score (nSPS) is 19.4. The third kappa shape index (κ3) is 2.17. The van der Waals surface area contributed by atoms with Crippen molar-refractivity contribution in [3.8, 4) is 6.07 Å². The number of sulfonamides is 1. The molecule has 1 fully saturated rings. The molecule has 1 saturated heterocycles. The van der Waals surface area contributed by atoms with E-state index in [0.717, 1.165) is 0 Å². The van der Waals surface area contributed by atoms with E-state index in [-0.39, 0.29) is 18.0 Å². The van der Waals surface area contributed by atoms with Crippen LogP contribution in [0.4, 0.5) is 0 Å². The van der Waals surface area contributed by atoms with Crippen molar-refractivity contribution in [1.82, 2.24) is 4.31 Å². The Balaban J connectivity index is 2.25. The maximum absolute atomic E-state index is 12.0. The minimum absolute atomic E-state index is 0.106. The van der Waals surface area contributed by atoms with Crippen molar-refractivity contribution in [3.05, 3.63) is 29.8 Å². The van der Waals surface area contributed by atoms with Crippen molar-refractivity contribution in [1.29, 1.82) is 5.26 Å². The molecule has 0 atom stereocenters. The molecule has 1 aliphatic heterocycles. The van der Waals surface area contributed by atoms with Gasteiger partial charge < -0.3 is 5.11 Å². The Hall–Kier alpha value is -1.42. The lowest BCUT2D eigenvalue weighted by atomic mass is 10.0. The quantitative estimate of drug-likeness (QED) is 0.821. The van der Waals surface area contributed by atoms with Crippen molar-refractivity contribution in [3.63, 3.8) is 0 Å². The van der Waals surface area contributed by atoms with E-state index in [9.17, 15) is 13.5 Å². The van der Waals surface area contributed by atoms with Gasteiger partial charge in [-0.3, -0.25) is 0 Å². The summed E-state index contributed by atoms with van der Waals surface area (Å²) in [5.41, 5.74) is -0.515. The number of rotatable bonds is 2. The molecule has 0 amide bonds. The number of nitriles is 1. The molecule has 1 heterocycles. The molecule has 0 radical (unpaired) electrons. The first kappa shape index (κ1) is 12.0. The predicted molar refractivity (Wildman–Crippen MR) is 60.5 cm³/mol. The Kier molecular flexibility index (Phi) is 2.70. The molecular weight excluding hydrogens is 240 g/mol. The summed E-state index contributed by atoms with van der Waals surface area (Å²) in [5, 5.41) is 18.2. The summed E-state index contributed by atoms with van der Waals surface area (Å²) < 4.78 is 25.3. The van der Waals surface area contributed by atoms with Gasteiger partial charge >= 0.3 is 0 Å². The molecule has 1 aromatic rings. The molecule has 6 heteroatoms. The molecule has 0 unspecified atom stereocenters. The van der Waals surface area contributed by atoms with Gasteiger partial charge in [-0.15, -0.1) is 0 Å². The van der Waals surface area contributed by atoms with Crippen LogP contribution in [0.1, 0.15) is 12.5 Å². The second-order valence-corrected chi connectivity index (χ2v) is 6.34. The Morgan fingerprint density at radius 1 is 1.35 bits per heavy atom. The third-order valence-electron chi connectivity index (χ3n) is 2.66. The van der Waals surface area contributed by atoms with Gasteiger partial charge in [0.15, 0.2) is 0 Å². The maximum Gasteiger partial charge on any atom is 0.243 e. The zero-order chi connectivity index (χ0) is 12.7. The zero-order valence-corrected chi connectivity index (χ0v) is 10.1. The van der Waals surface area contributed by atoms with E-state index >= 15 is 0 Å². The van der Waals surface area contributed by atoms with Crippen molar-refractivity contribution in [2.75, 3.05) is 13.1 Å². The summed E-state index contributed by atoms with van der Waals surface area (Å²) in [6, 6.07) is 7.66. The highest BCUT2D eigenvalue weighted by molar-refractivity contribution is 7.89. The van der Waals surface area contributed by atoms with E-state index in [2.05, 4.69) is 0 Å². The summed E-state index contributed by atoms with van der Waals surface area (Å²) in [6.07, 6.45) is 0. The lowest BCUT2D eigenvalue weighted by molar-refractivity contribution is -0.0426. The average Bonchev–Trinajstić information content (AvgIpc) is 2.26. The highest BCUT2D eigenvalue weighted by Crippen LogP contribution is 2.27. The average molecular weight is 252 g/mol. The first-order valence-corrected chi connectivity index (χ1v) is 6.52. The number of aliphatic hydroxyl groups is 1. The third-order valence-corrected chi connectivity index (χ3v) is 4.46. The number of β-amino-alcohol motifs (C(OH)–C–C–N with tert-alkyl or cyclic N) is 1. The Labute approximate surface area is 100.0 Å². The van der Waals surface area contributed by atoms with Gasteiger partial charge in [0, 0.05) is 13.1 Å². The SMILES string of the molecule is CC1(O)CN(S(=O)(=O)c2ccc(C#N)cc2)C1. The van der Waals surface area contributed by atoms with Gasteiger partial charge in [-0.1, -0.05) is 0 Å². The molecule has 17 heavy (non-hydrogen) atoms. The largest absolute Gasteiger partial charge is 0.387 e. The van der Waals surface area contributed by atoms with Crippen molar-refractivity contribution in [2.24, 2.45) is 0 Å². The van der Waals surface area contributed by atoms with Gasteiger partial charge in [0.25, 0.3) is 0 Å². The van der Waals surface area contributed by atoms with Crippen LogP contribution in [0.2, 0.25) is 0 Å². The van der Waals surface area contributed by atoms with Crippen LogP contribution in [0, 0.1) is 11.3 Å². The minimum atomic E-state index is -3.53. The topological polar surface area (TPSA) is 81.4 Å². The molecule has 1 N–H and O–H groups in total. The van der Waals surface area contributed by atoms with Crippen LogP contribution >= 0.6 is 0 Å². The van der Waals surface area contributed by atoms with E-state index in [1.54, 1.807) is 6.92 Å². The zero-order valence-electron chi connectivity index (χ0n) is 9.29. The van der Waals surface area contributed by atoms with Gasteiger partial charge in [0.2, 0.25) is 10.0 Å². The highest BCUT2D eigenvalue weighted by Gasteiger charge is 2.43. The molecular formula is C11H12N2O3S. The van der Waals surface area contributed by atoms with Gasteiger partial charge in [0.1, 0.15) is 0 Å². The van der Waals surface area contributed by atoms with Gasteiger partial charge in [-0.2, -0.15) is 9.57 Å². The summed E-state index contributed by atoms with van der Waals surface area (Å²) in [4.78, 5) is 0.145. The summed E-state index contributed by atoms with van der Waals surface area (Å²) in [7, 11) is -3.53. The Bertz CT molecular complexity index is 562. The van der Waals surface area contributed by atoms with E-state index in [4.69, 9.17) is 5.26 Å². The monoisotopic (exact) mass is 252 g/mol. The molecule has 0 spiro atoms. The molecule has 1 aromatic carbocycles. The molecule has 0 saturated carbocycles. The Morgan fingerprint density at radius 3 is 2.29 bits per heavy atom. The fraction of sp³-hybridized carbons (Fsp3) is 0.364. The standard InChI is InChI=1S/C11H12N2O3S/c1-11(14)7-13(8-11)17(15,16)10-4-2-9(6-12)3-5-10/h2-5,14H,7-8H2,1H3. The minimum Gasteiger partial charge on any atom is -0.387 e. The van der Waals surface area contributed by atoms with Gasteiger partial charge in [0.05, 0.1) is 22.1 Å². The van der Waals surface area contributed by atoms with E-state index in [0.29, 0.717) is 5.56 Å². The van der Waals surface area contributed by atoms with Crippen LogP contribution in [-0.2, 0) is 10.0 Å². The second-order valence-electron chi connectivity index (χ2n) is 4.41. The molecule has 5 nitrogen and oxygen atoms in total. The van der Waals surface area contributed by atoms with Crippen molar-refractivity contribution >= 4 is 10.0 Å². The lowest BCUT2D eigenvalue weighted by Gasteiger charge is -2.42. The second kappa shape index (κ2) is 3.81. The van der Waals surface area contributed by atoms with Crippen LogP contribution in [0.25, 0.3) is 0 Å². The fourth-order valence-electron chi connectivity index (χ4n) is 1.73. The number of benzene rings is 1. The number of hydrogen-bond acceptors (Lipinski definition) is 4. The van der Waals surface area contributed by atoms with Gasteiger partial charge in [-0.05, 0) is 31.2 Å². The lowest BCUT2D eigenvalue weighted by Crippen LogP contribution is -2.61. The van der Waals surface area contributed by atoms with Crippen LogP contribution in [0.15, 0.2) is 29.2 Å². The van der Waals surface area contributed by atoms with Crippen molar-refractivity contribution in [2.45, 2.75) is 17.4 Å². The molecule has 90 valence electrons. The molecule has 0 aromatic heterocycles. The molecule has 2 rings (SSSR count). The van der Waals surface area contributed by atoms with Crippen molar-refractivity contribution < 1.29 is 13.5 Å². The first-order valence-electron chi connectivity index (χ1n) is 5.08. The fourth-order valence-corrected chi connectivity index (χ4v) is 3.41. The highest BCUT2D eigenvalue weighted by atomic mass is 32.2. The smallest absolute Gasteiger partial charge is 0.243 e. The van der Waals surface area contributed by atoms with Crippen LogP contribution in [0.3, 0.4) is 0 Å². The number of hydrogen-bond donors (Lipinski definition) is 1. The Morgan fingerprint density at radius 2 is 1.88 bits per heavy atom. The van der Waals surface area contributed by atoms with E-state index in [1.807, 2.05) is 6.07 Å². The molecule has 0 bridgehead atoms. The molecule has 1 aliphatic rings. The first-order chi connectivity index (χ1) is 7.85. The molecule has 0 aliphatic carbocycles. The van der Waals surface area contributed by atoms with Gasteiger partial charge in [-0.25, -0.2) is 8.42 Å². The summed E-state index contributed by atoms with van der Waals surface area (Å²) >= 11 is 0.